The van der Waals surface area contributed by atoms with Gasteiger partial charge in [-0.05, 0) is 12.1 Å². The van der Waals surface area contributed by atoms with Crippen LogP contribution in [0.2, 0.25) is 10.0 Å². The highest BCUT2D eigenvalue weighted by Crippen LogP contribution is 2.24. The van der Waals surface area contributed by atoms with Gasteiger partial charge in [-0.2, -0.15) is 0 Å². The van der Waals surface area contributed by atoms with Gasteiger partial charge in [0.05, 0.1) is 10.0 Å². The van der Waals surface area contributed by atoms with Gasteiger partial charge in [-0.3, -0.25) is 5.41 Å². The van der Waals surface area contributed by atoms with E-state index in [0.29, 0.717) is 15.6 Å². The third kappa shape index (κ3) is 1.64. The third-order valence-electron chi connectivity index (χ3n) is 1.24. The molecule has 0 saturated heterocycles. The molecule has 1 rings (SSSR count). The van der Waals surface area contributed by atoms with Gasteiger partial charge in [-0.1, -0.05) is 29.3 Å². The van der Waals surface area contributed by atoms with E-state index in [9.17, 15) is 0 Å². The minimum absolute atomic E-state index is 0.0718. The van der Waals surface area contributed by atoms with Crippen molar-refractivity contribution >= 4 is 29.0 Å². The molecule has 0 aliphatic heterocycles. The molecular weight excluding hydrogens is 183 g/mol. The Morgan fingerprint density at radius 1 is 1.36 bits per heavy atom. The van der Waals surface area contributed by atoms with Crippen LogP contribution in [0.15, 0.2) is 18.2 Å². The molecule has 0 radical (unpaired) electrons. The number of benzene rings is 1. The lowest BCUT2D eigenvalue weighted by Gasteiger charge is -2.01. The zero-order chi connectivity index (χ0) is 8.43. The topological polar surface area (TPSA) is 49.9 Å². The van der Waals surface area contributed by atoms with Gasteiger partial charge < -0.3 is 5.73 Å². The summed E-state index contributed by atoms with van der Waals surface area (Å²) in [4.78, 5) is 0. The van der Waals surface area contributed by atoms with E-state index in [1.165, 1.54) is 0 Å². The Hall–Kier alpha value is -0.730. The van der Waals surface area contributed by atoms with Gasteiger partial charge >= 0.3 is 0 Å². The molecule has 1 aromatic rings. The maximum Gasteiger partial charge on any atom is 0.124 e. The number of nitrogens with two attached hydrogens (primary N) is 1. The van der Waals surface area contributed by atoms with Crippen LogP contribution in [0.5, 0.6) is 0 Å². The third-order valence-corrected chi connectivity index (χ3v) is 2.06. The highest BCUT2D eigenvalue weighted by Gasteiger charge is 2.05. The fourth-order valence-corrected chi connectivity index (χ4v) is 1.11. The van der Waals surface area contributed by atoms with Crippen LogP contribution in [0.4, 0.5) is 0 Å². The van der Waals surface area contributed by atoms with Crippen molar-refractivity contribution in [3.05, 3.63) is 33.8 Å². The molecule has 0 fully saturated rings. The summed E-state index contributed by atoms with van der Waals surface area (Å²) in [7, 11) is 0. The van der Waals surface area contributed by atoms with Crippen molar-refractivity contribution in [2.45, 2.75) is 0 Å². The number of nitrogen functional groups attached to an aromatic ring is 1. The first kappa shape index (κ1) is 8.37. The molecule has 1 aromatic carbocycles. The summed E-state index contributed by atoms with van der Waals surface area (Å²) in [5.41, 5.74) is 5.70. The summed E-state index contributed by atoms with van der Waals surface area (Å²) in [5.74, 6) is -0.0718. The Kier molecular flexibility index (Phi) is 2.37. The van der Waals surface area contributed by atoms with Gasteiger partial charge in [0.25, 0.3) is 0 Å². The molecule has 0 saturated carbocycles. The molecule has 2 nitrogen and oxygen atoms in total. The molecule has 0 aromatic heterocycles. The zero-order valence-corrected chi connectivity index (χ0v) is 7.08. The number of rotatable bonds is 1. The molecule has 0 aliphatic rings. The predicted octanol–water partition coefficient (Wildman–Crippen LogP) is 2.28. The first-order chi connectivity index (χ1) is 5.13. The first-order valence-corrected chi connectivity index (χ1v) is 3.67. The fourth-order valence-electron chi connectivity index (χ4n) is 0.712. The Bertz CT molecular complexity index is 296. The summed E-state index contributed by atoms with van der Waals surface area (Å²) < 4.78 is 0. The lowest BCUT2D eigenvalue weighted by Crippen LogP contribution is -2.11. The largest absolute Gasteiger partial charge is 0.384 e. The quantitative estimate of drug-likeness (QED) is 0.516. The van der Waals surface area contributed by atoms with Crippen LogP contribution in [0.3, 0.4) is 0 Å². The minimum atomic E-state index is -0.0718. The maximum absolute atomic E-state index is 7.11. The summed E-state index contributed by atoms with van der Waals surface area (Å²) in [6.45, 7) is 0. The van der Waals surface area contributed by atoms with E-state index in [2.05, 4.69) is 0 Å². The molecule has 4 heteroatoms. The lowest BCUT2D eigenvalue weighted by atomic mass is 10.2. The van der Waals surface area contributed by atoms with Crippen LogP contribution in [0, 0.1) is 5.41 Å². The van der Waals surface area contributed by atoms with E-state index in [1.54, 1.807) is 18.2 Å². The van der Waals surface area contributed by atoms with Crippen LogP contribution in [0.1, 0.15) is 5.56 Å². The van der Waals surface area contributed by atoms with Crippen molar-refractivity contribution < 1.29 is 0 Å². The highest BCUT2D eigenvalue weighted by molar-refractivity contribution is 6.43. The van der Waals surface area contributed by atoms with E-state index in [1.807, 2.05) is 0 Å². The second-order valence-electron chi connectivity index (χ2n) is 2.02. The van der Waals surface area contributed by atoms with E-state index in [4.69, 9.17) is 34.3 Å². The summed E-state index contributed by atoms with van der Waals surface area (Å²) in [5, 5.41) is 7.86. The molecule has 3 N–H and O–H groups in total. The molecule has 0 atom stereocenters. The van der Waals surface area contributed by atoms with Gasteiger partial charge in [0, 0.05) is 5.56 Å². The van der Waals surface area contributed by atoms with E-state index < -0.39 is 0 Å². The van der Waals surface area contributed by atoms with E-state index in [0.717, 1.165) is 0 Å². The Morgan fingerprint density at radius 3 is 2.45 bits per heavy atom. The predicted molar refractivity (Wildman–Crippen MR) is 47.5 cm³/mol. The Morgan fingerprint density at radius 2 is 2.00 bits per heavy atom. The molecule has 0 aliphatic carbocycles. The monoisotopic (exact) mass is 188 g/mol. The summed E-state index contributed by atoms with van der Waals surface area (Å²) >= 11 is 11.4. The molecule has 0 spiro atoms. The molecule has 0 bridgehead atoms. The molecule has 58 valence electrons. The standard InChI is InChI=1S/C7H6Cl2N2/c8-5-3-1-2-4(6(5)9)7(10)11/h1-3H,(H3,10,11). The molecule has 0 unspecified atom stereocenters. The van der Waals surface area contributed by atoms with Gasteiger partial charge in [0.2, 0.25) is 0 Å². The van der Waals surface area contributed by atoms with Gasteiger partial charge in [-0.15, -0.1) is 0 Å². The van der Waals surface area contributed by atoms with E-state index in [-0.39, 0.29) is 5.84 Å². The van der Waals surface area contributed by atoms with Gasteiger partial charge in [0.15, 0.2) is 0 Å². The van der Waals surface area contributed by atoms with E-state index >= 15 is 0 Å². The molecule has 0 heterocycles. The number of hydrogen-bond donors (Lipinski definition) is 2. The van der Waals surface area contributed by atoms with Gasteiger partial charge in [-0.25, -0.2) is 0 Å². The van der Waals surface area contributed by atoms with Crippen LogP contribution >= 0.6 is 23.2 Å². The lowest BCUT2D eigenvalue weighted by molar-refractivity contribution is 1.42. The minimum Gasteiger partial charge on any atom is -0.384 e. The summed E-state index contributed by atoms with van der Waals surface area (Å²) in [6.07, 6.45) is 0. The number of hydrogen-bond acceptors (Lipinski definition) is 1. The fraction of sp³-hybridized carbons (Fsp3) is 0. The van der Waals surface area contributed by atoms with Crippen molar-refractivity contribution in [2.24, 2.45) is 5.73 Å². The second-order valence-corrected chi connectivity index (χ2v) is 2.80. The zero-order valence-electron chi connectivity index (χ0n) is 5.57. The Labute approximate surface area is 74.4 Å². The number of halogens is 2. The van der Waals surface area contributed by atoms with Crippen LogP contribution in [0.25, 0.3) is 0 Å². The first-order valence-electron chi connectivity index (χ1n) is 2.91. The number of nitrogens with one attached hydrogen (secondary N) is 1. The van der Waals surface area contributed by atoms with Crippen LogP contribution in [-0.2, 0) is 0 Å². The van der Waals surface area contributed by atoms with Gasteiger partial charge in [0.1, 0.15) is 5.84 Å². The highest BCUT2D eigenvalue weighted by atomic mass is 35.5. The van der Waals surface area contributed by atoms with Crippen molar-refractivity contribution in [1.29, 1.82) is 5.41 Å². The normalized spacial score (nSPS) is 9.64. The summed E-state index contributed by atoms with van der Waals surface area (Å²) in [6, 6.07) is 5.00. The maximum atomic E-state index is 7.11. The average molecular weight is 189 g/mol. The van der Waals surface area contributed by atoms with Crippen LogP contribution < -0.4 is 5.73 Å². The molecule has 11 heavy (non-hydrogen) atoms. The van der Waals surface area contributed by atoms with Crippen molar-refractivity contribution in [1.82, 2.24) is 0 Å². The van der Waals surface area contributed by atoms with Crippen molar-refractivity contribution in [3.63, 3.8) is 0 Å². The molecular formula is C7H6Cl2N2. The number of amidine groups is 1. The Balaban J connectivity index is 3.27. The van der Waals surface area contributed by atoms with Crippen LogP contribution in [-0.4, -0.2) is 5.84 Å². The SMILES string of the molecule is N=C(N)c1cccc(Cl)c1Cl. The second kappa shape index (κ2) is 3.11. The smallest absolute Gasteiger partial charge is 0.124 e. The molecule has 0 amide bonds. The average Bonchev–Trinajstić information content (AvgIpc) is 1.94. The van der Waals surface area contributed by atoms with Crippen molar-refractivity contribution in [3.8, 4) is 0 Å². The van der Waals surface area contributed by atoms with Crippen molar-refractivity contribution in [2.75, 3.05) is 0 Å².